The van der Waals surface area contributed by atoms with Gasteiger partial charge in [0, 0.05) is 38.3 Å². The van der Waals surface area contributed by atoms with Gasteiger partial charge in [0.2, 0.25) is 0 Å². The molecule has 0 atom stereocenters. The largest absolute Gasteiger partial charge is 0.493 e. The maximum Gasteiger partial charge on any atom is 0.254 e. The van der Waals surface area contributed by atoms with Gasteiger partial charge in [0.15, 0.2) is 11.5 Å². The standard InChI is InChI=1S/C22H28N2O3/c1-4-27-20-10-9-18(15-21(20)26-3)22(25)24-13-11-23(12-14-24)16-19-8-6-5-7-17(19)2/h5-10,15H,4,11-14,16H2,1-3H3. The number of piperazine rings is 1. The van der Waals surface area contributed by atoms with E-state index in [0.29, 0.717) is 23.7 Å². The number of carbonyl (C=O) groups is 1. The highest BCUT2D eigenvalue weighted by molar-refractivity contribution is 5.95. The molecule has 1 saturated heterocycles. The fourth-order valence-corrected chi connectivity index (χ4v) is 3.40. The van der Waals surface area contributed by atoms with Crippen molar-refractivity contribution >= 4 is 5.91 Å². The molecule has 2 aromatic rings. The first kappa shape index (κ1) is 19.2. The minimum absolute atomic E-state index is 0.0480. The summed E-state index contributed by atoms with van der Waals surface area (Å²) in [6, 6.07) is 13.9. The van der Waals surface area contributed by atoms with Gasteiger partial charge in [-0.05, 0) is 43.2 Å². The number of benzene rings is 2. The van der Waals surface area contributed by atoms with E-state index in [1.54, 1.807) is 13.2 Å². The number of rotatable bonds is 6. The van der Waals surface area contributed by atoms with Gasteiger partial charge in [-0.3, -0.25) is 9.69 Å². The van der Waals surface area contributed by atoms with Gasteiger partial charge >= 0.3 is 0 Å². The Labute approximate surface area is 161 Å². The molecule has 5 nitrogen and oxygen atoms in total. The molecule has 1 aliphatic heterocycles. The summed E-state index contributed by atoms with van der Waals surface area (Å²) in [6.45, 7) is 8.81. The molecule has 1 amide bonds. The second-order valence-electron chi connectivity index (χ2n) is 6.79. The molecule has 3 rings (SSSR count). The summed E-state index contributed by atoms with van der Waals surface area (Å²) in [5.41, 5.74) is 3.31. The Balaban J connectivity index is 1.60. The van der Waals surface area contributed by atoms with E-state index < -0.39 is 0 Å². The van der Waals surface area contributed by atoms with Crippen molar-refractivity contribution < 1.29 is 14.3 Å². The number of ether oxygens (including phenoxy) is 2. The van der Waals surface area contributed by atoms with E-state index >= 15 is 0 Å². The third-order valence-electron chi connectivity index (χ3n) is 5.03. The van der Waals surface area contributed by atoms with E-state index in [1.165, 1.54) is 11.1 Å². The molecule has 0 unspecified atom stereocenters. The van der Waals surface area contributed by atoms with Crippen molar-refractivity contribution in [2.24, 2.45) is 0 Å². The van der Waals surface area contributed by atoms with E-state index in [2.05, 4.69) is 36.1 Å². The molecule has 0 spiro atoms. The lowest BCUT2D eigenvalue weighted by molar-refractivity contribution is 0.0628. The lowest BCUT2D eigenvalue weighted by Gasteiger charge is -2.35. The average molecular weight is 368 g/mol. The number of hydrogen-bond donors (Lipinski definition) is 0. The minimum atomic E-state index is 0.0480. The maximum atomic E-state index is 12.9. The molecule has 0 aliphatic carbocycles. The summed E-state index contributed by atoms with van der Waals surface area (Å²) in [5.74, 6) is 1.31. The van der Waals surface area contributed by atoms with Gasteiger partial charge < -0.3 is 14.4 Å². The predicted octanol–water partition coefficient (Wildman–Crippen LogP) is 3.36. The second kappa shape index (κ2) is 8.91. The molecular formula is C22H28N2O3. The highest BCUT2D eigenvalue weighted by atomic mass is 16.5. The molecule has 1 heterocycles. The van der Waals surface area contributed by atoms with Crippen LogP contribution in [0.3, 0.4) is 0 Å². The summed E-state index contributed by atoms with van der Waals surface area (Å²) in [7, 11) is 1.59. The van der Waals surface area contributed by atoms with Crippen LogP contribution in [0.25, 0.3) is 0 Å². The predicted molar refractivity (Wildman–Crippen MR) is 107 cm³/mol. The van der Waals surface area contributed by atoms with Crippen molar-refractivity contribution in [2.45, 2.75) is 20.4 Å². The van der Waals surface area contributed by atoms with Crippen LogP contribution in [0.2, 0.25) is 0 Å². The molecular weight excluding hydrogens is 340 g/mol. The first-order valence-corrected chi connectivity index (χ1v) is 9.49. The smallest absolute Gasteiger partial charge is 0.254 e. The zero-order chi connectivity index (χ0) is 19.2. The second-order valence-corrected chi connectivity index (χ2v) is 6.79. The topological polar surface area (TPSA) is 42.0 Å². The fourth-order valence-electron chi connectivity index (χ4n) is 3.40. The Kier molecular flexibility index (Phi) is 6.35. The summed E-state index contributed by atoms with van der Waals surface area (Å²) < 4.78 is 10.9. The molecule has 2 aromatic carbocycles. The van der Waals surface area contributed by atoms with E-state index in [0.717, 1.165) is 32.7 Å². The van der Waals surface area contributed by atoms with Crippen LogP contribution in [0.1, 0.15) is 28.4 Å². The summed E-state index contributed by atoms with van der Waals surface area (Å²) >= 11 is 0. The highest BCUT2D eigenvalue weighted by Gasteiger charge is 2.23. The summed E-state index contributed by atoms with van der Waals surface area (Å²) in [6.07, 6.45) is 0. The lowest BCUT2D eigenvalue weighted by atomic mass is 10.1. The molecule has 27 heavy (non-hydrogen) atoms. The normalized spacial score (nSPS) is 14.9. The van der Waals surface area contributed by atoms with Crippen molar-refractivity contribution in [3.05, 3.63) is 59.2 Å². The van der Waals surface area contributed by atoms with Crippen molar-refractivity contribution in [2.75, 3.05) is 39.9 Å². The van der Waals surface area contributed by atoms with Gasteiger partial charge in [-0.25, -0.2) is 0 Å². The quantitative estimate of drug-likeness (QED) is 0.784. The Morgan fingerprint density at radius 1 is 1.04 bits per heavy atom. The molecule has 0 saturated carbocycles. The first-order chi connectivity index (χ1) is 13.1. The Hall–Kier alpha value is -2.53. The van der Waals surface area contributed by atoms with Gasteiger partial charge in [-0.2, -0.15) is 0 Å². The lowest BCUT2D eigenvalue weighted by Crippen LogP contribution is -2.48. The van der Waals surface area contributed by atoms with Gasteiger partial charge in [-0.1, -0.05) is 24.3 Å². The summed E-state index contributed by atoms with van der Waals surface area (Å²) in [5, 5.41) is 0. The highest BCUT2D eigenvalue weighted by Crippen LogP contribution is 2.28. The zero-order valence-corrected chi connectivity index (χ0v) is 16.4. The number of aryl methyl sites for hydroxylation is 1. The SMILES string of the molecule is CCOc1ccc(C(=O)N2CCN(Cc3ccccc3C)CC2)cc1OC. The van der Waals surface area contributed by atoms with E-state index in [1.807, 2.05) is 24.0 Å². The minimum Gasteiger partial charge on any atom is -0.493 e. The molecule has 1 aliphatic rings. The van der Waals surface area contributed by atoms with Gasteiger partial charge in [-0.15, -0.1) is 0 Å². The maximum absolute atomic E-state index is 12.9. The third-order valence-corrected chi connectivity index (χ3v) is 5.03. The van der Waals surface area contributed by atoms with Crippen LogP contribution in [0.5, 0.6) is 11.5 Å². The van der Waals surface area contributed by atoms with E-state index in [9.17, 15) is 4.79 Å². The van der Waals surface area contributed by atoms with Crippen LogP contribution in [0.15, 0.2) is 42.5 Å². The number of carbonyl (C=O) groups excluding carboxylic acids is 1. The van der Waals surface area contributed by atoms with Crippen LogP contribution in [0, 0.1) is 6.92 Å². The van der Waals surface area contributed by atoms with Crippen molar-refractivity contribution in [1.29, 1.82) is 0 Å². The zero-order valence-electron chi connectivity index (χ0n) is 16.4. The molecule has 0 N–H and O–H groups in total. The van der Waals surface area contributed by atoms with E-state index in [-0.39, 0.29) is 5.91 Å². The Morgan fingerprint density at radius 3 is 2.44 bits per heavy atom. The number of amides is 1. The van der Waals surface area contributed by atoms with Crippen molar-refractivity contribution in [1.82, 2.24) is 9.80 Å². The third kappa shape index (κ3) is 4.61. The van der Waals surface area contributed by atoms with Crippen LogP contribution >= 0.6 is 0 Å². The number of hydrogen-bond acceptors (Lipinski definition) is 4. The monoisotopic (exact) mass is 368 g/mol. The average Bonchev–Trinajstić information content (AvgIpc) is 2.70. The number of nitrogens with zero attached hydrogens (tertiary/aromatic N) is 2. The molecule has 0 aromatic heterocycles. The summed E-state index contributed by atoms with van der Waals surface area (Å²) in [4.78, 5) is 17.2. The van der Waals surface area contributed by atoms with Crippen LogP contribution in [0.4, 0.5) is 0 Å². The van der Waals surface area contributed by atoms with Crippen molar-refractivity contribution in [3.63, 3.8) is 0 Å². The Bertz CT molecular complexity index is 783. The van der Waals surface area contributed by atoms with Gasteiger partial charge in [0.25, 0.3) is 5.91 Å². The first-order valence-electron chi connectivity index (χ1n) is 9.49. The van der Waals surface area contributed by atoms with Crippen molar-refractivity contribution in [3.8, 4) is 11.5 Å². The fraction of sp³-hybridized carbons (Fsp3) is 0.409. The number of methoxy groups -OCH3 is 1. The molecule has 144 valence electrons. The van der Waals surface area contributed by atoms with Gasteiger partial charge in [0.05, 0.1) is 13.7 Å². The van der Waals surface area contributed by atoms with Crippen LogP contribution in [-0.2, 0) is 6.54 Å². The van der Waals surface area contributed by atoms with Crippen LogP contribution in [-0.4, -0.2) is 55.6 Å². The molecule has 5 heteroatoms. The Morgan fingerprint density at radius 2 is 1.78 bits per heavy atom. The molecule has 0 bridgehead atoms. The van der Waals surface area contributed by atoms with Crippen LogP contribution < -0.4 is 9.47 Å². The van der Waals surface area contributed by atoms with Gasteiger partial charge in [0.1, 0.15) is 0 Å². The molecule has 1 fully saturated rings. The molecule has 0 radical (unpaired) electrons. The van der Waals surface area contributed by atoms with E-state index in [4.69, 9.17) is 9.47 Å².